The van der Waals surface area contributed by atoms with Gasteiger partial charge in [0.15, 0.2) is 0 Å². The predicted molar refractivity (Wildman–Crippen MR) is 133 cm³/mol. The van der Waals surface area contributed by atoms with Gasteiger partial charge >= 0.3 is 0 Å². The summed E-state index contributed by atoms with van der Waals surface area (Å²) in [6.45, 7) is 4.33. The van der Waals surface area contributed by atoms with Gasteiger partial charge in [0.2, 0.25) is 0 Å². The third-order valence-electron chi connectivity index (χ3n) is 6.09. The Balaban J connectivity index is 1.26. The van der Waals surface area contributed by atoms with Crippen LogP contribution in [0.5, 0.6) is 5.75 Å². The summed E-state index contributed by atoms with van der Waals surface area (Å²) in [7, 11) is 0. The van der Waals surface area contributed by atoms with Crippen LogP contribution in [0.4, 0.5) is 0 Å². The molecule has 0 aromatic heterocycles. The van der Waals surface area contributed by atoms with Crippen LogP contribution in [0.3, 0.4) is 0 Å². The molecule has 1 aliphatic heterocycles. The van der Waals surface area contributed by atoms with Crippen LogP contribution in [-0.4, -0.2) is 73.1 Å². The number of benzene rings is 3. The van der Waals surface area contributed by atoms with Crippen molar-refractivity contribution in [3.05, 3.63) is 77.4 Å². The zero-order valence-electron chi connectivity index (χ0n) is 19.4. The van der Waals surface area contributed by atoms with Gasteiger partial charge in [-0.25, -0.2) is 0 Å². The van der Waals surface area contributed by atoms with Gasteiger partial charge < -0.3 is 25.6 Å². The van der Waals surface area contributed by atoms with Crippen LogP contribution in [0.2, 0.25) is 0 Å². The largest absolute Gasteiger partial charge is 0.492 e. The number of nitrogens with zero attached hydrogens (tertiary/aromatic N) is 1. The molecule has 1 aliphatic rings. The lowest BCUT2D eigenvalue weighted by Gasteiger charge is -2.30. The van der Waals surface area contributed by atoms with Gasteiger partial charge in [-0.1, -0.05) is 36.4 Å². The molecule has 3 aromatic rings. The molecule has 0 saturated carbocycles. The van der Waals surface area contributed by atoms with Gasteiger partial charge in [-0.2, -0.15) is 0 Å². The zero-order valence-corrected chi connectivity index (χ0v) is 19.4. The first-order valence-electron chi connectivity index (χ1n) is 11.9. The Morgan fingerprint density at radius 1 is 1.03 bits per heavy atom. The number of aliphatic hydroxyl groups is 2. The summed E-state index contributed by atoms with van der Waals surface area (Å²) in [5, 5.41) is 27.1. The van der Waals surface area contributed by atoms with Gasteiger partial charge in [0.1, 0.15) is 12.4 Å². The van der Waals surface area contributed by atoms with Gasteiger partial charge in [-0.05, 0) is 52.6 Å². The quantitative estimate of drug-likeness (QED) is 0.325. The minimum Gasteiger partial charge on any atom is -0.492 e. The maximum absolute atomic E-state index is 12.7. The van der Waals surface area contributed by atoms with Crippen molar-refractivity contribution in [2.75, 3.05) is 45.9 Å². The number of fused-ring (bicyclic) bond motifs is 2. The molecular formula is C27H33N3O4. The number of carbonyl (C=O) groups excluding carboxylic acids is 1. The van der Waals surface area contributed by atoms with Crippen LogP contribution >= 0.6 is 0 Å². The number of carbonyl (C=O) groups is 1. The second kappa shape index (κ2) is 11.9. The van der Waals surface area contributed by atoms with E-state index < -0.39 is 6.10 Å². The molecule has 7 heteroatoms. The van der Waals surface area contributed by atoms with E-state index in [-0.39, 0.29) is 19.1 Å². The Morgan fingerprint density at radius 2 is 1.82 bits per heavy atom. The maximum Gasteiger partial charge on any atom is 0.251 e. The molecule has 1 unspecified atom stereocenters. The highest BCUT2D eigenvalue weighted by Gasteiger charge is 2.19. The summed E-state index contributed by atoms with van der Waals surface area (Å²) >= 11 is 0. The van der Waals surface area contributed by atoms with E-state index in [1.807, 2.05) is 30.3 Å². The van der Waals surface area contributed by atoms with E-state index in [1.165, 1.54) is 11.1 Å². The van der Waals surface area contributed by atoms with Gasteiger partial charge in [-0.15, -0.1) is 0 Å². The van der Waals surface area contributed by atoms with E-state index >= 15 is 0 Å². The SMILES string of the molecule is O=C(NCC(O)CN1CCc2ccccc2C1)c1ccc2cc(OCCNCCO)ccc2c1. The molecule has 1 atom stereocenters. The highest BCUT2D eigenvalue weighted by atomic mass is 16.5. The van der Waals surface area contributed by atoms with Crippen LogP contribution in [0.15, 0.2) is 60.7 Å². The Morgan fingerprint density at radius 3 is 2.68 bits per heavy atom. The summed E-state index contributed by atoms with van der Waals surface area (Å²) < 4.78 is 5.73. The highest BCUT2D eigenvalue weighted by molar-refractivity contribution is 5.98. The van der Waals surface area contributed by atoms with Gasteiger partial charge in [0.05, 0.1) is 12.7 Å². The monoisotopic (exact) mass is 463 g/mol. The fraction of sp³-hybridized carbons (Fsp3) is 0.370. The molecule has 0 bridgehead atoms. The van der Waals surface area contributed by atoms with Crippen LogP contribution in [0, 0.1) is 0 Å². The molecule has 1 heterocycles. The minimum absolute atomic E-state index is 0.109. The summed E-state index contributed by atoms with van der Waals surface area (Å²) in [5.41, 5.74) is 3.26. The van der Waals surface area contributed by atoms with Crippen molar-refractivity contribution in [3.8, 4) is 5.75 Å². The van der Waals surface area contributed by atoms with Crippen LogP contribution in [0.25, 0.3) is 10.8 Å². The van der Waals surface area contributed by atoms with Gasteiger partial charge in [-0.3, -0.25) is 9.69 Å². The smallest absolute Gasteiger partial charge is 0.251 e. The normalized spacial score (nSPS) is 14.5. The van der Waals surface area contributed by atoms with Crippen molar-refractivity contribution in [2.24, 2.45) is 0 Å². The minimum atomic E-state index is -0.624. The fourth-order valence-electron chi connectivity index (χ4n) is 4.29. The average molecular weight is 464 g/mol. The number of ether oxygens (including phenoxy) is 1. The molecule has 0 aliphatic carbocycles. The van der Waals surface area contributed by atoms with Crippen molar-refractivity contribution in [1.29, 1.82) is 0 Å². The molecule has 0 fully saturated rings. The molecule has 0 spiro atoms. The lowest BCUT2D eigenvalue weighted by molar-refractivity contribution is 0.0842. The number of β-amino-alcohol motifs (C(OH)–C–C–N with tert-alkyl or cyclic N) is 1. The van der Waals surface area contributed by atoms with Crippen LogP contribution in [-0.2, 0) is 13.0 Å². The topological polar surface area (TPSA) is 94.1 Å². The number of rotatable bonds is 11. The number of aliphatic hydroxyl groups excluding tert-OH is 2. The Labute approximate surface area is 200 Å². The standard InChI is InChI=1S/C27H33N3O4/c31-13-10-28-11-14-34-26-8-7-21-15-23(6-5-22(21)16-26)27(33)29-17-25(32)19-30-12-9-20-3-1-2-4-24(20)18-30/h1-8,15-16,25,28,31-32H,9-14,17-19H2,(H,29,33). The van der Waals surface area contributed by atoms with Crippen molar-refractivity contribution in [1.82, 2.24) is 15.5 Å². The molecule has 1 amide bonds. The Bertz CT molecular complexity index is 1100. The fourth-order valence-corrected chi connectivity index (χ4v) is 4.29. The third-order valence-corrected chi connectivity index (χ3v) is 6.09. The van der Waals surface area contributed by atoms with E-state index in [2.05, 4.69) is 39.8 Å². The van der Waals surface area contributed by atoms with Crippen molar-refractivity contribution in [3.63, 3.8) is 0 Å². The van der Waals surface area contributed by atoms with E-state index in [9.17, 15) is 9.90 Å². The molecule has 4 rings (SSSR count). The summed E-state index contributed by atoms with van der Waals surface area (Å²) in [4.78, 5) is 14.9. The first kappa shape index (κ1) is 24.2. The van der Waals surface area contributed by atoms with Crippen molar-refractivity contribution >= 4 is 16.7 Å². The van der Waals surface area contributed by atoms with E-state index in [1.54, 1.807) is 6.07 Å². The van der Waals surface area contributed by atoms with E-state index in [4.69, 9.17) is 9.84 Å². The summed E-state index contributed by atoms with van der Waals surface area (Å²) in [6.07, 6.45) is 0.362. The number of hydrogen-bond acceptors (Lipinski definition) is 6. The lowest BCUT2D eigenvalue weighted by Crippen LogP contribution is -2.42. The second-order valence-corrected chi connectivity index (χ2v) is 8.66. The van der Waals surface area contributed by atoms with E-state index in [0.717, 1.165) is 36.0 Å². The van der Waals surface area contributed by atoms with Crippen LogP contribution < -0.4 is 15.4 Å². The van der Waals surface area contributed by atoms with Gasteiger partial charge in [0.25, 0.3) is 5.91 Å². The number of nitrogens with one attached hydrogen (secondary N) is 2. The van der Waals surface area contributed by atoms with E-state index in [0.29, 0.717) is 31.8 Å². The molecule has 0 radical (unpaired) electrons. The maximum atomic E-state index is 12.7. The first-order chi connectivity index (χ1) is 16.6. The molecule has 4 N–H and O–H groups in total. The zero-order chi connectivity index (χ0) is 23.8. The van der Waals surface area contributed by atoms with Crippen molar-refractivity contribution < 1.29 is 19.7 Å². The molecule has 0 saturated heterocycles. The second-order valence-electron chi connectivity index (χ2n) is 8.66. The molecule has 34 heavy (non-hydrogen) atoms. The summed E-state index contributed by atoms with van der Waals surface area (Å²) in [5.74, 6) is 0.569. The Hall–Kier alpha value is -2.97. The molecule has 7 nitrogen and oxygen atoms in total. The molecular weight excluding hydrogens is 430 g/mol. The van der Waals surface area contributed by atoms with Gasteiger partial charge in [0, 0.05) is 44.8 Å². The third kappa shape index (κ3) is 6.55. The Kier molecular flexibility index (Phi) is 8.49. The number of hydrogen-bond donors (Lipinski definition) is 4. The number of amides is 1. The van der Waals surface area contributed by atoms with Crippen LogP contribution in [0.1, 0.15) is 21.5 Å². The first-order valence-corrected chi connectivity index (χ1v) is 11.9. The van der Waals surface area contributed by atoms with Crippen molar-refractivity contribution in [2.45, 2.75) is 19.1 Å². The molecule has 3 aromatic carbocycles. The summed E-state index contributed by atoms with van der Waals surface area (Å²) in [6, 6.07) is 19.7. The highest BCUT2D eigenvalue weighted by Crippen LogP contribution is 2.22. The average Bonchev–Trinajstić information content (AvgIpc) is 2.86. The lowest BCUT2D eigenvalue weighted by atomic mass is 10.00. The molecule has 180 valence electrons. The predicted octanol–water partition coefficient (Wildman–Crippen LogP) is 1.95.